The molecule has 2 rings (SSSR count). The van der Waals surface area contributed by atoms with Crippen molar-refractivity contribution in [3.8, 4) is 0 Å². The second kappa shape index (κ2) is 6.47. The maximum Gasteiger partial charge on any atom is 0.303 e. The van der Waals surface area contributed by atoms with Gasteiger partial charge < -0.3 is 15.7 Å². The molecule has 0 atom stereocenters. The van der Waals surface area contributed by atoms with Crippen LogP contribution in [0.1, 0.15) is 36.2 Å². The Balaban J connectivity index is 1.77. The van der Waals surface area contributed by atoms with E-state index in [0.717, 1.165) is 12.8 Å². The fourth-order valence-corrected chi connectivity index (χ4v) is 2.21. The maximum absolute atomic E-state index is 11.7. The zero-order chi connectivity index (χ0) is 14.5. The van der Waals surface area contributed by atoms with E-state index in [-0.39, 0.29) is 36.4 Å². The van der Waals surface area contributed by atoms with Gasteiger partial charge in [-0.1, -0.05) is 0 Å². The molecule has 1 aliphatic rings. The third kappa shape index (κ3) is 4.30. The van der Waals surface area contributed by atoms with Gasteiger partial charge in [-0.25, -0.2) is 4.98 Å². The summed E-state index contributed by atoms with van der Waals surface area (Å²) in [6.45, 7) is 0.284. The smallest absolute Gasteiger partial charge is 0.303 e. The molecule has 0 aliphatic heterocycles. The van der Waals surface area contributed by atoms with Crippen LogP contribution in [0.3, 0.4) is 0 Å². The molecular weight excluding hydrogens is 282 g/mol. The van der Waals surface area contributed by atoms with Crippen LogP contribution < -0.4 is 10.6 Å². The molecular formula is C12H15N3O4S. The molecule has 0 spiro atoms. The molecule has 108 valence electrons. The lowest BCUT2D eigenvalue weighted by Crippen LogP contribution is -2.25. The monoisotopic (exact) mass is 297 g/mol. The molecule has 3 N–H and O–H groups in total. The Morgan fingerprint density at radius 2 is 2.15 bits per heavy atom. The number of aliphatic carboxylic acids is 1. The highest BCUT2D eigenvalue weighted by Gasteiger charge is 2.30. The number of nitrogens with zero attached hydrogens (tertiary/aromatic N) is 1. The van der Waals surface area contributed by atoms with Crippen molar-refractivity contribution in [3.05, 3.63) is 11.1 Å². The predicted molar refractivity (Wildman–Crippen MR) is 72.7 cm³/mol. The molecule has 0 saturated heterocycles. The topological polar surface area (TPSA) is 108 Å². The number of anilines is 1. The fraction of sp³-hybridized carbons (Fsp3) is 0.500. The van der Waals surface area contributed by atoms with Gasteiger partial charge in [-0.2, -0.15) is 0 Å². The van der Waals surface area contributed by atoms with Crippen molar-refractivity contribution >= 4 is 34.3 Å². The van der Waals surface area contributed by atoms with E-state index in [9.17, 15) is 14.4 Å². The van der Waals surface area contributed by atoms with E-state index in [1.54, 1.807) is 5.38 Å². The van der Waals surface area contributed by atoms with Crippen molar-refractivity contribution in [1.82, 2.24) is 10.3 Å². The molecule has 0 bridgehead atoms. The van der Waals surface area contributed by atoms with Gasteiger partial charge in [0.15, 0.2) is 5.13 Å². The van der Waals surface area contributed by atoms with Crippen LogP contribution in [0.25, 0.3) is 0 Å². The van der Waals surface area contributed by atoms with Gasteiger partial charge in [0.2, 0.25) is 5.91 Å². The van der Waals surface area contributed by atoms with Crippen molar-refractivity contribution in [2.45, 2.75) is 25.7 Å². The summed E-state index contributed by atoms with van der Waals surface area (Å²) in [5.41, 5.74) is 0.233. The maximum atomic E-state index is 11.7. The van der Waals surface area contributed by atoms with Gasteiger partial charge in [-0.05, 0) is 19.3 Å². The van der Waals surface area contributed by atoms with E-state index >= 15 is 0 Å². The van der Waals surface area contributed by atoms with Gasteiger partial charge in [0.1, 0.15) is 5.69 Å². The van der Waals surface area contributed by atoms with Crippen LogP contribution in [0.2, 0.25) is 0 Å². The quantitative estimate of drug-likeness (QED) is 0.653. The molecule has 1 saturated carbocycles. The van der Waals surface area contributed by atoms with Crippen LogP contribution in [0.15, 0.2) is 5.38 Å². The number of carbonyl (C=O) groups excluding carboxylic acids is 2. The summed E-state index contributed by atoms with van der Waals surface area (Å²) in [4.78, 5) is 37.6. The Bertz CT molecular complexity index is 525. The van der Waals surface area contributed by atoms with Crippen molar-refractivity contribution in [2.24, 2.45) is 5.92 Å². The number of carboxylic acids is 1. The lowest BCUT2D eigenvalue weighted by Gasteiger charge is -2.01. The number of carbonyl (C=O) groups is 3. The standard InChI is InChI=1S/C12H15N3O4S/c16-9(17)2-1-5-13-11(19)8-6-20-12(14-8)15-10(18)7-3-4-7/h6-7H,1-5H2,(H,13,19)(H,16,17)(H,14,15,18). The molecule has 7 nitrogen and oxygen atoms in total. The summed E-state index contributed by atoms with van der Waals surface area (Å²) in [6.07, 6.45) is 2.21. The summed E-state index contributed by atoms with van der Waals surface area (Å²) in [5.74, 6) is -1.21. The van der Waals surface area contributed by atoms with E-state index in [4.69, 9.17) is 5.11 Å². The molecule has 1 aromatic heterocycles. The van der Waals surface area contributed by atoms with E-state index < -0.39 is 5.97 Å². The highest BCUT2D eigenvalue weighted by molar-refractivity contribution is 7.14. The van der Waals surface area contributed by atoms with Crippen LogP contribution in [-0.2, 0) is 9.59 Å². The molecule has 1 aromatic rings. The van der Waals surface area contributed by atoms with E-state index in [1.807, 2.05) is 0 Å². The third-order valence-electron chi connectivity index (χ3n) is 2.77. The SMILES string of the molecule is O=C(O)CCCNC(=O)c1csc(NC(=O)C2CC2)n1. The van der Waals surface area contributed by atoms with Crippen LogP contribution in [0.5, 0.6) is 0 Å². The second-order valence-electron chi connectivity index (χ2n) is 4.55. The number of thiazole rings is 1. The first kappa shape index (κ1) is 14.4. The first-order valence-corrected chi connectivity index (χ1v) is 7.20. The number of carboxylic acid groups (broad SMARTS) is 1. The van der Waals surface area contributed by atoms with Crippen LogP contribution >= 0.6 is 11.3 Å². The van der Waals surface area contributed by atoms with Gasteiger partial charge in [0.05, 0.1) is 0 Å². The van der Waals surface area contributed by atoms with E-state index in [0.29, 0.717) is 11.6 Å². The summed E-state index contributed by atoms with van der Waals surface area (Å²) in [5, 5.41) is 15.7. The number of rotatable bonds is 7. The highest BCUT2D eigenvalue weighted by Crippen LogP contribution is 2.30. The summed E-state index contributed by atoms with van der Waals surface area (Å²) in [6, 6.07) is 0. The normalized spacial score (nSPS) is 13.8. The molecule has 0 radical (unpaired) electrons. The zero-order valence-corrected chi connectivity index (χ0v) is 11.5. The van der Waals surface area contributed by atoms with Crippen LogP contribution in [0.4, 0.5) is 5.13 Å². The minimum atomic E-state index is -0.891. The van der Waals surface area contributed by atoms with Crippen molar-refractivity contribution in [2.75, 3.05) is 11.9 Å². The predicted octanol–water partition coefficient (Wildman–Crippen LogP) is 1.09. The Kier molecular flexibility index (Phi) is 4.67. The highest BCUT2D eigenvalue weighted by atomic mass is 32.1. The number of aromatic nitrogens is 1. The summed E-state index contributed by atoms with van der Waals surface area (Å²) >= 11 is 1.20. The number of hydrogen-bond donors (Lipinski definition) is 3. The summed E-state index contributed by atoms with van der Waals surface area (Å²) < 4.78 is 0. The van der Waals surface area contributed by atoms with Gasteiger partial charge in [-0.3, -0.25) is 14.4 Å². The summed E-state index contributed by atoms with van der Waals surface area (Å²) in [7, 11) is 0. The Labute approximate surface area is 119 Å². The molecule has 0 aromatic carbocycles. The van der Waals surface area contributed by atoms with E-state index in [1.165, 1.54) is 11.3 Å². The first-order valence-electron chi connectivity index (χ1n) is 6.32. The third-order valence-corrected chi connectivity index (χ3v) is 3.53. The molecule has 2 amide bonds. The zero-order valence-electron chi connectivity index (χ0n) is 10.7. The average Bonchev–Trinajstić information content (AvgIpc) is 3.15. The molecule has 20 heavy (non-hydrogen) atoms. The van der Waals surface area contributed by atoms with Crippen LogP contribution in [-0.4, -0.2) is 34.4 Å². The van der Waals surface area contributed by atoms with Crippen molar-refractivity contribution in [3.63, 3.8) is 0 Å². The Morgan fingerprint density at radius 1 is 1.40 bits per heavy atom. The molecule has 1 heterocycles. The largest absolute Gasteiger partial charge is 0.481 e. The van der Waals surface area contributed by atoms with Crippen molar-refractivity contribution in [1.29, 1.82) is 0 Å². The van der Waals surface area contributed by atoms with Gasteiger partial charge >= 0.3 is 5.97 Å². The van der Waals surface area contributed by atoms with Gasteiger partial charge in [0.25, 0.3) is 5.91 Å². The van der Waals surface area contributed by atoms with Crippen molar-refractivity contribution < 1.29 is 19.5 Å². The minimum absolute atomic E-state index is 0.0139. The van der Waals surface area contributed by atoms with Gasteiger partial charge in [0, 0.05) is 24.3 Å². The van der Waals surface area contributed by atoms with Crippen LogP contribution in [0, 0.1) is 5.92 Å². The number of nitrogens with one attached hydrogen (secondary N) is 2. The van der Waals surface area contributed by atoms with E-state index in [2.05, 4.69) is 15.6 Å². The molecule has 1 fully saturated rings. The second-order valence-corrected chi connectivity index (χ2v) is 5.41. The Hall–Kier alpha value is -1.96. The lowest BCUT2D eigenvalue weighted by molar-refractivity contribution is -0.137. The fourth-order valence-electron chi connectivity index (χ4n) is 1.52. The first-order chi connectivity index (χ1) is 9.56. The molecule has 0 unspecified atom stereocenters. The molecule has 8 heteroatoms. The average molecular weight is 297 g/mol. The number of amides is 2. The minimum Gasteiger partial charge on any atom is -0.481 e. The lowest BCUT2D eigenvalue weighted by atomic mass is 10.3. The molecule has 1 aliphatic carbocycles. The Morgan fingerprint density at radius 3 is 2.80 bits per heavy atom. The van der Waals surface area contributed by atoms with Gasteiger partial charge in [-0.15, -0.1) is 11.3 Å². The number of hydrogen-bond acceptors (Lipinski definition) is 5.